The highest BCUT2D eigenvalue weighted by Crippen LogP contribution is 2.23. The third-order valence-electron chi connectivity index (χ3n) is 4.84. The quantitative estimate of drug-likeness (QED) is 0.423. The maximum Gasteiger partial charge on any atom is 0.255 e. The van der Waals surface area contributed by atoms with Crippen molar-refractivity contribution >= 4 is 17.3 Å². The number of imidazole rings is 1. The summed E-state index contributed by atoms with van der Waals surface area (Å²) in [4.78, 5) is 24.4. The van der Waals surface area contributed by atoms with Crippen molar-refractivity contribution in [2.75, 3.05) is 17.2 Å². The summed E-state index contributed by atoms with van der Waals surface area (Å²) in [6, 6.07) is 19.3. The van der Waals surface area contributed by atoms with Crippen molar-refractivity contribution in [3.05, 3.63) is 96.1 Å². The van der Waals surface area contributed by atoms with Crippen LogP contribution in [0.4, 0.5) is 11.4 Å². The molecule has 0 aliphatic heterocycles. The number of nitrogens with zero attached hydrogens (tertiary/aromatic N) is 2. The highest BCUT2D eigenvalue weighted by atomic mass is 16.1. The summed E-state index contributed by atoms with van der Waals surface area (Å²) in [5, 5.41) is 6.36. The number of aryl methyl sites for hydroxylation is 1. The van der Waals surface area contributed by atoms with E-state index in [0.29, 0.717) is 5.56 Å². The molecule has 30 heavy (non-hydrogen) atoms. The van der Waals surface area contributed by atoms with E-state index >= 15 is 0 Å². The van der Waals surface area contributed by atoms with E-state index in [1.54, 1.807) is 18.6 Å². The van der Waals surface area contributed by atoms with Gasteiger partial charge in [-0.25, -0.2) is 4.98 Å². The first-order valence-electron chi connectivity index (χ1n) is 9.84. The third-order valence-corrected chi connectivity index (χ3v) is 4.84. The average molecular weight is 397 g/mol. The molecule has 1 amide bonds. The molecule has 150 valence electrons. The summed E-state index contributed by atoms with van der Waals surface area (Å²) in [5.41, 5.74) is 5.31. The van der Waals surface area contributed by atoms with E-state index in [9.17, 15) is 4.79 Å². The van der Waals surface area contributed by atoms with Crippen LogP contribution in [0, 0.1) is 6.92 Å². The summed E-state index contributed by atoms with van der Waals surface area (Å²) in [6.07, 6.45) is 6.13. The van der Waals surface area contributed by atoms with Crippen molar-refractivity contribution in [1.82, 2.24) is 15.0 Å². The number of carbonyl (C=O) groups excluding carboxylic acids is 1. The van der Waals surface area contributed by atoms with E-state index in [1.165, 1.54) is 0 Å². The number of carbonyl (C=O) groups is 1. The Hall–Kier alpha value is -3.93. The zero-order chi connectivity index (χ0) is 20.8. The zero-order valence-electron chi connectivity index (χ0n) is 16.7. The highest BCUT2D eigenvalue weighted by Gasteiger charge is 2.10. The van der Waals surface area contributed by atoms with Gasteiger partial charge in [0.1, 0.15) is 5.82 Å². The molecule has 0 radical (unpaired) electrons. The Morgan fingerprint density at radius 3 is 2.60 bits per heavy atom. The van der Waals surface area contributed by atoms with Gasteiger partial charge in [0, 0.05) is 59.8 Å². The van der Waals surface area contributed by atoms with Crippen LogP contribution in [0.1, 0.15) is 21.6 Å². The lowest BCUT2D eigenvalue weighted by molar-refractivity contribution is 0.102. The number of aromatic amines is 1. The van der Waals surface area contributed by atoms with Gasteiger partial charge >= 0.3 is 0 Å². The molecule has 4 aromatic rings. The Bertz CT molecular complexity index is 1110. The van der Waals surface area contributed by atoms with Crippen LogP contribution in [0.3, 0.4) is 0 Å². The van der Waals surface area contributed by atoms with Gasteiger partial charge in [-0.15, -0.1) is 0 Å². The van der Waals surface area contributed by atoms with E-state index in [2.05, 4.69) is 25.6 Å². The molecule has 6 nitrogen and oxygen atoms in total. The Balaban J connectivity index is 1.37. The molecule has 0 unspecified atom stereocenters. The summed E-state index contributed by atoms with van der Waals surface area (Å²) in [7, 11) is 0. The minimum atomic E-state index is -0.144. The van der Waals surface area contributed by atoms with Gasteiger partial charge in [-0.3, -0.25) is 9.78 Å². The van der Waals surface area contributed by atoms with Crippen LogP contribution >= 0.6 is 0 Å². The van der Waals surface area contributed by atoms with Crippen LogP contribution < -0.4 is 10.6 Å². The predicted molar refractivity (Wildman–Crippen MR) is 120 cm³/mol. The van der Waals surface area contributed by atoms with E-state index in [1.807, 2.05) is 67.6 Å². The van der Waals surface area contributed by atoms with Crippen molar-refractivity contribution < 1.29 is 4.79 Å². The third kappa shape index (κ3) is 4.72. The first kappa shape index (κ1) is 19.4. The smallest absolute Gasteiger partial charge is 0.255 e. The SMILES string of the molecule is Cc1ccc(-c2ncc[nH]2)cc1NC(=O)c1ccc(NCCc2ccccn2)cc1. The molecular formula is C24H23N5O. The summed E-state index contributed by atoms with van der Waals surface area (Å²) in [5.74, 6) is 0.626. The van der Waals surface area contributed by atoms with Gasteiger partial charge in [0.05, 0.1) is 0 Å². The lowest BCUT2D eigenvalue weighted by Crippen LogP contribution is -2.13. The second-order valence-electron chi connectivity index (χ2n) is 7.00. The van der Waals surface area contributed by atoms with Crippen LogP contribution in [-0.2, 0) is 6.42 Å². The number of amides is 1. The molecule has 0 fully saturated rings. The van der Waals surface area contributed by atoms with Crippen molar-refractivity contribution in [3.63, 3.8) is 0 Å². The first-order chi connectivity index (χ1) is 14.7. The lowest BCUT2D eigenvalue weighted by atomic mass is 10.1. The monoisotopic (exact) mass is 397 g/mol. The highest BCUT2D eigenvalue weighted by molar-refractivity contribution is 6.05. The molecule has 0 atom stereocenters. The number of rotatable bonds is 7. The van der Waals surface area contributed by atoms with Gasteiger partial charge in [-0.2, -0.15) is 0 Å². The molecule has 2 aromatic carbocycles. The minimum Gasteiger partial charge on any atom is -0.385 e. The number of anilines is 2. The molecule has 2 aromatic heterocycles. The molecule has 0 saturated carbocycles. The molecule has 0 spiro atoms. The fourth-order valence-corrected chi connectivity index (χ4v) is 3.14. The number of hydrogen-bond acceptors (Lipinski definition) is 4. The van der Waals surface area contributed by atoms with E-state index in [-0.39, 0.29) is 5.91 Å². The summed E-state index contributed by atoms with van der Waals surface area (Å²) < 4.78 is 0. The number of nitrogens with one attached hydrogen (secondary N) is 3. The molecule has 4 rings (SSSR count). The van der Waals surface area contributed by atoms with E-state index in [0.717, 1.165) is 47.0 Å². The fourth-order valence-electron chi connectivity index (χ4n) is 3.14. The molecule has 3 N–H and O–H groups in total. The fraction of sp³-hybridized carbons (Fsp3) is 0.125. The standard InChI is InChI=1S/C24H23N5O/c1-17-5-6-19(23-27-14-15-28-23)16-22(17)29-24(30)18-7-9-21(10-8-18)26-13-11-20-4-2-3-12-25-20/h2-10,12,14-16,26H,11,13H2,1H3,(H,27,28)(H,29,30). The van der Waals surface area contributed by atoms with Crippen LogP contribution in [0.15, 0.2) is 79.3 Å². The largest absolute Gasteiger partial charge is 0.385 e. The van der Waals surface area contributed by atoms with Crippen LogP contribution in [0.25, 0.3) is 11.4 Å². The minimum absolute atomic E-state index is 0.144. The number of H-pyrrole nitrogens is 1. The van der Waals surface area contributed by atoms with E-state index in [4.69, 9.17) is 0 Å². The van der Waals surface area contributed by atoms with Gasteiger partial charge in [-0.05, 0) is 55.0 Å². The first-order valence-corrected chi connectivity index (χ1v) is 9.84. The molecule has 0 bridgehead atoms. The summed E-state index contributed by atoms with van der Waals surface area (Å²) >= 11 is 0. The Labute approximate surface area is 175 Å². The average Bonchev–Trinajstić information content (AvgIpc) is 3.31. The molecule has 6 heteroatoms. The second-order valence-corrected chi connectivity index (χ2v) is 7.00. The number of aromatic nitrogens is 3. The maximum atomic E-state index is 12.7. The van der Waals surface area contributed by atoms with Crippen molar-refractivity contribution in [3.8, 4) is 11.4 Å². The van der Waals surface area contributed by atoms with Crippen molar-refractivity contribution in [2.45, 2.75) is 13.3 Å². The Morgan fingerprint density at radius 2 is 1.87 bits per heavy atom. The van der Waals surface area contributed by atoms with Gasteiger partial charge in [0.2, 0.25) is 0 Å². The number of benzene rings is 2. The van der Waals surface area contributed by atoms with Crippen molar-refractivity contribution in [2.24, 2.45) is 0 Å². The van der Waals surface area contributed by atoms with Crippen LogP contribution in [0.5, 0.6) is 0 Å². The maximum absolute atomic E-state index is 12.7. The molecule has 2 heterocycles. The zero-order valence-corrected chi connectivity index (χ0v) is 16.7. The molecular weight excluding hydrogens is 374 g/mol. The topological polar surface area (TPSA) is 82.7 Å². The summed E-state index contributed by atoms with van der Waals surface area (Å²) in [6.45, 7) is 2.75. The molecule has 0 aliphatic carbocycles. The van der Waals surface area contributed by atoms with Gasteiger partial charge in [0.15, 0.2) is 0 Å². The van der Waals surface area contributed by atoms with Crippen LogP contribution in [-0.4, -0.2) is 27.4 Å². The molecule has 0 aliphatic rings. The second kappa shape index (κ2) is 9.05. The Kier molecular flexibility index (Phi) is 5.85. The van der Waals surface area contributed by atoms with Gasteiger partial charge in [0.25, 0.3) is 5.91 Å². The van der Waals surface area contributed by atoms with E-state index < -0.39 is 0 Å². The Morgan fingerprint density at radius 1 is 1.00 bits per heavy atom. The van der Waals surface area contributed by atoms with Gasteiger partial charge in [-0.1, -0.05) is 18.2 Å². The van der Waals surface area contributed by atoms with Crippen LogP contribution in [0.2, 0.25) is 0 Å². The van der Waals surface area contributed by atoms with Crippen molar-refractivity contribution in [1.29, 1.82) is 0 Å². The lowest BCUT2D eigenvalue weighted by Gasteiger charge is -2.11. The number of hydrogen-bond donors (Lipinski definition) is 3. The normalized spacial score (nSPS) is 10.6. The van der Waals surface area contributed by atoms with Gasteiger partial charge < -0.3 is 15.6 Å². The predicted octanol–water partition coefficient (Wildman–Crippen LogP) is 4.69. The molecule has 0 saturated heterocycles. The number of pyridine rings is 1.